The maximum absolute atomic E-state index is 12.6. The minimum atomic E-state index is -0.469. The average molecular weight is 367 g/mol. The number of nitrogens with one attached hydrogen (secondary N) is 2. The molecule has 1 aromatic heterocycles. The van der Waals surface area contributed by atoms with Gasteiger partial charge in [0.2, 0.25) is 0 Å². The molecule has 0 spiro atoms. The van der Waals surface area contributed by atoms with Crippen LogP contribution in [0.15, 0.2) is 83.1 Å². The van der Waals surface area contributed by atoms with E-state index in [0.717, 1.165) is 0 Å². The number of benzene rings is 2. The van der Waals surface area contributed by atoms with Gasteiger partial charge in [0, 0.05) is 22.3 Å². The molecule has 0 bridgehead atoms. The van der Waals surface area contributed by atoms with Crippen LogP contribution in [0.5, 0.6) is 0 Å². The van der Waals surface area contributed by atoms with Crippen LogP contribution in [0, 0.1) is 0 Å². The van der Waals surface area contributed by atoms with Gasteiger partial charge in [-0.2, -0.15) is 0 Å². The summed E-state index contributed by atoms with van der Waals surface area (Å²) in [6, 6.07) is 18.8. The second kappa shape index (κ2) is 8.18. The quantitative estimate of drug-likeness (QED) is 0.660. The van der Waals surface area contributed by atoms with Crippen molar-refractivity contribution in [3.05, 3.63) is 95.0 Å². The van der Waals surface area contributed by atoms with Gasteiger partial charge in [-0.25, -0.2) is 0 Å². The number of amides is 2. The highest BCUT2D eigenvalue weighted by molar-refractivity contribution is 6.31. The molecule has 3 aromatic rings. The third-order valence-corrected chi connectivity index (χ3v) is 3.68. The Labute approximate surface area is 155 Å². The maximum atomic E-state index is 12.6. The normalized spacial score (nSPS) is 11.0. The molecule has 130 valence electrons. The molecule has 2 amide bonds. The molecule has 2 aromatic carbocycles. The summed E-state index contributed by atoms with van der Waals surface area (Å²) in [5, 5.41) is 5.78. The summed E-state index contributed by atoms with van der Waals surface area (Å²) in [7, 11) is 0. The molecule has 0 saturated carbocycles. The number of hydrogen-bond acceptors (Lipinski definition) is 3. The number of rotatable bonds is 5. The molecule has 0 fully saturated rings. The molecular weight excluding hydrogens is 352 g/mol. The molecule has 1 heterocycles. The Bertz CT molecular complexity index is 935. The fourth-order valence-electron chi connectivity index (χ4n) is 2.22. The van der Waals surface area contributed by atoms with E-state index in [0.29, 0.717) is 22.0 Å². The van der Waals surface area contributed by atoms with Gasteiger partial charge in [0.25, 0.3) is 11.8 Å². The molecule has 0 aliphatic rings. The van der Waals surface area contributed by atoms with Crippen LogP contribution in [0.3, 0.4) is 0 Å². The van der Waals surface area contributed by atoms with Gasteiger partial charge in [0.05, 0.1) is 6.26 Å². The SMILES string of the molecule is O=C(Nc1ccccc1)/C(=C\c1ccco1)NC(=O)c1cccc(Cl)c1. The van der Waals surface area contributed by atoms with Crippen molar-refractivity contribution in [3.63, 3.8) is 0 Å². The monoisotopic (exact) mass is 366 g/mol. The van der Waals surface area contributed by atoms with Crippen LogP contribution >= 0.6 is 11.6 Å². The third kappa shape index (κ3) is 4.62. The first-order valence-corrected chi connectivity index (χ1v) is 8.18. The number of halogens is 1. The van der Waals surface area contributed by atoms with Crippen LogP contribution in [0.25, 0.3) is 6.08 Å². The van der Waals surface area contributed by atoms with Crippen molar-refractivity contribution < 1.29 is 14.0 Å². The highest BCUT2D eigenvalue weighted by atomic mass is 35.5. The lowest BCUT2D eigenvalue weighted by atomic mass is 10.2. The van der Waals surface area contributed by atoms with E-state index in [2.05, 4.69) is 10.6 Å². The first kappa shape index (κ1) is 17.5. The largest absolute Gasteiger partial charge is 0.465 e. The lowest BCUT2D eigenvalue weighted by molar-refractivity contribution is -0.113. The van der Waals surface area contributed by atoms with E-state index < -0.39 is 11.8 Å². The van der Waals surface area contributed by atoms with Gasteiger partial charge in [0.15, 0.2) is 0 Å². The zero-order valence-corrected chi connectivity index (χ0v) is 14.4. The first-order chi connectivity index (χ1) is 12.6. The Kier molecular flexibility index (Phi) is 5.51. The summed E-state index contributed by atoms with van der Waals surface area (Å²) in [6.45, 7) is 0. The molecule has 6 heteroatoms. The second-order valence-electron chi connectivity index (χ2n) is 5.36. The molecule has 0 unspecified atom stereocenters. The molecule has 0 saturated heterocycles. The van der Waals surface area contributed by atoms with Gasteiger partial charge in [-0.05, 0) is 42.5 Å². The molecule has 5 nitrogen and oxygen atoms in total. The van der Waals surface area contributed by atoms with E-state index in [1.807, 2.05) is 6.07 Å². The van der Waals surface area contributed by atoms with Crippen LogP contribution in [-0.2, 0) is 4.79 Å². The predicted octanol–water partition coefficient (Wildman–Crippen LogP) is 4.34. The van der Waals surface area contributed by atoms with Gasteiger partial charge in [0.1, 0.15) is 11.5 Å². The molecule has 0 aliphatic heterocycles. The highest BCUT2D eigenvalue weighted by Gasteiger charge is 2.15. The number of carbonyl (C=O) groups is 2. The van der Waals surface area contributed by atoms with Crippen LogP contribution in [-0.4, -0.2) is 11.8 Å². The van der Waals surface area contributed by atoms with Crippen molar-refractivity contribution in [2.24, 2.45) is 0 Å². The topological polar surface area (TPSA) is 71.3 Å². The maximum Gasteiger partial charge on any atom is 0.272 e. The van der Waals surface area contributed by atoms with Crippen molar-refractivity contribution in [3.8, 4) is 0 Å². The van der Waals surface area contributed by atoms with Gasteiger partial charge in [-0.15, -0.1) is 0 Å². The Balaban J connectivity index is 1.84. The molecule has 0 radical (unpaired) electrons. The Morgan fingerprint density at radius 2 is 1.77 bits per heavy atom. The molecule has 26 heavy (non-hydrogen) atoms. The van der Waals surface area contributed by atoms with Crippen LogP contribution in [0.1, 0.15) is 16.1 Å². The summed E-state index contributed by atoms with van der Waals surface area (Å²) in [5.74, 6) is -0.480. The summed E-state index contributed by atoms with van der Waals surface area (Å²) in [5.41, 5.74) is 1.00. The van der Waals surface area contributed by atoms with Crippen molar-refractivity contribution in [2.45, 2.75) is 0 Å². The summed E-state index contributed by atoms with van der Waals surface area (Å²) < 4.78 is 5.24. The average Bonchev–Trinajstić information content (AvgIpc) is 3.15. The lowest BCUT2D eigenvalue weighted by Crippen LogP contribution is -2.30. The highest BCUT2D eigenvalue weighted by Crippen LogP contribution is 2.13. The summed E-state index contributed by atoms with van der Waals surface area (Å²) in [4.78, 5) is 25.1. The Hall–Kier alpha value is -3.31. The van der Waals surface area contributed by atoms with Crippen molar-refractivity contribution in [1.29, 1.82) is 0 Å². The Morgan fingerprint density at radius 1 is 0.962 bits per heavy atom. The van der Waals surface area contributed by atoms with Crippen LogP contribution < -0.4 is 10.6 Å². The van der Waals surface area contributed by atoms with Crippen molar-refractivity contribution in [1.82, 2.24) is 5.32 Å². The zero-order valence-electron chi connectivity index (χ0n) is 13.6. The summed E-state index contributed by atoms with van der Waals surface area (Å²) in [6.07, 6.45) is 2.94. The van der Waals surface area contributed by atoms with Crippen molar-refractivity contribution in [2.75, 3.05) is 5.32 Å². The number of para-hydroxylation sites is 1. The first-order valence-electron chi connectivity index (χ1n) is 7.80. The van der Waals surface area contributed by atoms with Crippen LogP contribution in [0.4, 0.5) is 5.69 Å². The van der Waals surface area contributed by atoms with E-state index in [9.17, 15) is 9.59 Å². The van der Waals surface area contributed by atoms with E-state index in [-0.39, 0.29) is 5.70 Å². The van der Waals surface area contributed by atoms with Gasteiger partial charge in [-0.1, -0.05) is 35.9 Å². The van der Waals surface area contributed by atoms with E-state index >= 15 is 0 Å². The zero-order chi connectivity index (χ0) is 18.4. The molecule has 3 rings (SSSR count). The number of furan rings is 1. The lowest BCUT2D eigenvalue weighted by Gasteiger charge is -2.11. The smallest absolute Gasteiger partial charge is 0.272 e. The fraction of sp³-hybridized carbons (Fsp3) is 0. The number of carbonyl (C=O) groups excluding carboxylic acids is 2. The predicted molar refractivity (Wildman–Crippen MR) is 101 cm³/mol. The second-order valence-corrected chi connectivity index (χ2v) is 5.79. The van der Waals surface area contributed by atoms with Crippen molar-refractivity contribution >= 4 is 35.2 Å². The number of hydrogen-bond donors (Lipinski definition) is 2. The Morgan fingerprint density at radius 3 is 2.46 bits per heavy atom. The third-order valence-electron chi connectivity index (χ3n) is 3.44. The van der Waals surface area contributed by atoms with Crippen LogP contribution in [0.2, 0.25) is 5.02 Å². The fourth-order valence-corrected chi connectivity index (χ4v) is 2.41. The molecule has 2 N–H and O–H groups in total. The van der Waals surface area contributed by atoms with E-state index in [1.54, 1.807) is 54.6 Å². The van der Waals surface area contributed by atoms with E-state index in [4.69, 9.17) is 16.0 Å². The minimum Gasteiger partial charge on any atom is -0.465 e. The number of anilines is 1. The van der Waals surface area contributed by atoms with Gasteiger partial charge in [-0.3, -0.25) is 9.59 Å². The summed E-state index contributed by atoms with van der Waals surface area (Å²) >= 11 is 5.92. The minimum absolute atomic E-state index is 0.0498. The van der Waals surface area contributed by atoms with Gasteiger partial charge >= 0.3 is 0 Å². The van der Waals surface area contributed by atoms with E-state index in [1.165, 1.54) is 18.4 Å². The molecule has 0 aliphatic carbocycles. The molecule has 0 atom stereocenters. The molecular formula is C20H15ClN2O3. The van der Waals surface area contributed by atoms with Gasteiger partial charge < -0.3 is 15.1 Å². The standard InChI is InChI=1S/C20H15ClN2O3/c21-15-7-4-6-14(12-15)19(24)23-18(13-17-10-5-11-26-17)20(25)22-16-8-2-1-3-9-16/h1-13H,(H,22,25)(H,23,24)/b18-13+.